The van der Waals surface area contributed by atoms with E-state index in [9.17, 15) is 0 Å². The third kappa shape index (κ3) is 2.87. The summed E-state index contributed by atoms with van der Waals surface area (Å²) in [5.41, 5.74) is 9.62. The van der Waals surface area contributed by atoms with Gasteiger partial charge in [0.15, 0.2) is 0 Å². The molecule has 2 rings (SSSR count). The highest BCUT2D eigenvalue weighted by Gasteiger charge is 2.24. The lowest BCUT2D eigenvalue weighted by Gasteiger charge is -2.29. The average Bonchev–Trinajstić information content (AvgIpc) is 2.85. The fourth-order valence-corrected chi connectivity index (χ4v) is 3.15. The largest absolute Gasteiger partial charge is 0.330 e. The lowest BCUT2D eigenvalue weighted by molar-refractivity contribution is 0.236. The van der Waals surface area contributed by atoms with Gasteiger partial charge in [0.05, 0.1) is 0 Å². The van der Waals surface area contributed by atoms with Crippen LogP contribution < -0.4 is 5.73 Å². The average molecular weight is 267 g/mol. The predicted octanol–water partition coefficient (Wildman–Crippen LogP) is 3.44. The van der Waals surface area contributed by atoms with Gasteiger partial charge in [-0.3, -0.25) is 4.90 Å². The maximum atomic E-state index is 6.44. The summed E-state index contributed by atoms with van der Waals surface area (Å²) in [6.07, 6.45) is 3.58. The molecular weight excluding hydrogens is 244 g/mol. The standard InChI is InChI=1S/C15H23ClN2/c1-11-9-13(14(16)10-12(11)2)15(5-6-17)18-7-3-4-8-18/h9-10,15H,3-8,17H2,1-2H3. The van der Waals surface area contributed by atoms with E-state index < -0.39 is 0 Å². The molecule has 1 atom stereocenters. The minimum atomic E-state index is 0.393. The Morgan fingerprint density at radius 2 is 1.83 bits per heavy atom. The quantitative estimate of drug-likeness (QED) is 0.905. The first-order valence-corrected chi connectivity index (χ1v) is 7.22. The van der Waals surface area contributed by atoms with Crippen LogP contribution in [0.25, 0.3) is 0 Å². The lowest BCUT2D eigenvalue weighted by atomic mass is 9.97. The molecular formula is C15H23ClN2. The highest BCUT2D eigenvalue weighted by molar-refractivity contribution is 6.31. The van der Waals surface area contributed by atoms with Crippen molar-refractivity contribution in [2.75, 3.05) is 19.6 Å². The van der Waals surface area contributed by atoms with Gasteiger partial charge in [0.1, 0.15) is 0 Å². The number of benzene rings is 1. The van der Waals surface area contributed by atoms with Crippen LogP contribution in [0.1, 0.15) is 42.0 Å². The molecule has 0 bridgehead atoms. The molecule has 0 aliphatic carbocycles. The van der Waals surface area contributed by atoms with Crippen molar-refractivity contribution in [1.82, 2.24) is 4.90 Å². The van der Waals surface area contributed by atoms with Gasteiger partial charge in [-0.05, 0) is 75.5 Å². The van der Waals surface area contributed by atoms with Gasteiger partial charge in [-0.25, -0.2) is 0 Å². The second kappa shape index (κ2) is 6.05. The Labute approximate surface area is 115 Å². The highest BCUT2D eigenvalue weighted by atomic mass is 35.5. The van der Waals surface area contributed by atoms with Crippen LogP contribution in [0.2, 0.25) is 5.02 Å². The highest BCUT2D eigenvalue weighted by Crippen LogP contribution is 2.33. The van der Waals surface area contributed by atoms with Crippen LogP contribution in [-0.4, -0.2) is 24.5 Å². The van der Waals surface area contributed by atoms with E-state index >= 15 is 0 Å². The van der Waals surface area contributed by atoms with Crippen LogP contribution in [0.3, 0.4) is 0 Å². The van der Waals surface area contributed by atoms with Crippen LogP contribution in [0, 0.1) is 13.8 Å². The van der Waals surface area contributed by atoms with E-state index in [-0.39, 0.29) is 0 Å². The van der Waals surface area contributed by atoms with Crippen molar-refractivity contribution in [3.05, 3.63) is 33.8 Å². The lowest BCUT2D eigenvalue weighted by Crippen LogP contribution is -2.28. The van der Waals surface area contributed by atoms with Crippen molar-refractivity contribution < 1.29 is 0 Å². The summed E-state index contributed by atoms with van der Waals surface area (Å²) < 4.78 is 0. The van der Waals surface area contributed by atoms with E-state index in [2.05, 4.69) is 30.9 Å². The summed E-state index contributed by atoms with van der Waals surface area (Å²) in [5, 5.41) is 0.892. The molecule has 1 unspecified atom stereocenters. The summed E-state index contributed by atoms with van der Waals surface area (Å²) in [7, 11) is 0. The third-order valence-electron chi connectivity index (χ3n) is 3.99. The van der Waals surface area contributed by atoms with Crippen LogP contribution in [0.4, 0.5) is 0 Å². The van der Waals surface area contributed by atoms with Crippen molar-refractivity contribution in [2.45, 2.75) is 39.2 Å². The Kier molecular flexibility index (Phi) is 4.66. The van der Waals surface area contributed by atoms with Gasteiger partial charge in [0.25, 0.3) is 0 Å². The molecule has 0 aromatic heterocycles. The number of likely N-dealkylation sites (tertiary alicyclic amines) is 1. The molecule has 1 saturated heterocycles. The molecule has 2 N–H and O–H groups in total. The van der Waals surface area contributed by atoms with E-state index in [1.807, 2.05) is 0 Å². The van der Waals surface area contributed by atoms with E-state index in [0.717, 1.165) is 11.4 Å². The molecule has 1 aromatic carbocycles. The van der Waals surface area contributed by atoms with Crippen molar-refractivity contribution >= 4 is 11.6 Å². The fourth-order valence-electron chi connectivity index (χ4n) is 2.80. The molecule has 1 heterocycles. The summed E-state index contributed by atoms with van der Waals surface area (Å²) in [6.45, 7) is 7.32. The normalized spacial score (nSPS) is 18.2. The molecule has 3 heteroatoms. The molecule has 1 aromatic rings. The Morgan fingerprint density at radius 1 is 1.22 bits per heavy atom. The van der Waals surface area contributed by atoms with E-state index in [1.165, 1.54) is 42.6 Å². The number of halogens is 1. The summed E-state index contributed by atoms with van der Waals surface area (Å²) in [6, 6.07) is 4.73. The third-order valence-corrected chi connectivity index (χ3v) is 4.32. The number of hydrogen-bond acceptors (Lipinski definition) is 2. The first kappa shape index (κ1) is 13.9. The maximum Gasteiger partial charge on any atom is 0.0456 e. The SMILES string of the molecule is Cc1cc(Cl)c(C(CCN)N2CCCC2)cc1C. The molecule has 0 saturated carbocycles. The van der Waals surface area contributed by atoms with Gasteiger partial charge >= 0.3 is 0 Å². The van der Waals surface area contributed by atoms with Gasteiger partial charge < -0.3 is 5.73 Å². The molecule has 0 amide bonds. The van der Waals surface area contributed by atoms with Crippen molar-refractivity contribution in [2.24, 2.45) is 5.73 Å². The minimum absolute atomic E-state index is 0.393. The topological polar surface area (TPSA) is 29.3 Å². The summed E-state index contributed by atoms with van der Waals surface area (Å²) >= 11 is 6.44. The second-order valence-electron chi connectivity index (χ2n) is 5.29. The molecule has 0 radical (unpaired) electrons. The molecule has 0 spiro atoms. The predicted molar refractivity (Wildman–Crippen MR) is 78.1 cm³/mol. The first-order chi connectivity index (χ1) is 8.63. The zero-order chi connectivity index (χ0) is 13.1. The Hall–Kier alpha value is -0.570. The molecule has 1 aliphatic rings. The number of hydrogen-bond donors (Lipinski definition) is 1. The Morgan fingerprint density at radius 3 is 2.44 bits per heavy atom. The van der Waals surface area contributed by atoms with Crippen LogP contribution >= 0.6 is 11.6 Å². The van der Waals surface area contributed by atoms with E-state index in [4.69, 9.17) is 17.3 Å². The smallest absolute Gasteiger partial charge is 0.0456 e. The van der Waals surface area contributed by atoms with E-state index in [1.54, 1.807) is 0 Å². The number of nitrogens with two attached hydrogens (primary N) is 1. The van der Waals surface area contributed by atoms with Crippen molar-refractivity contribution in [3.63, 3.8) is 0 Å². The van der Waals surface area contributed by atoms with Crippen molar-refractivity contribution in [1.29, 1.82) is 0 Å². The van der Waals surface area contributed by atoms with Gasteiger partial charge in [-0.15, -0.1) is 0 Å². The van der Waals surface area contributed by atoms with Crippen molar-refractivity contribution in [3.8, 4) is 0 Å². The Bertz CT molecular complexity index is 411. The Balaban J connectivity index is 2.32. The minimum Gasteiger partial charge on any atom is -0.330 e. The first-order valence-electron chi connectivity index (χ1n) is 6.84. The molecule has 1 fully saturated rings. The number of aryl methyl sites for hydroxylation is 2. The van der Waals surface area contributed by atoms with Gasteiger partial charge in [0, 0.05) is 11.1 Å². The van der Waals surface area contributed by atoms with Crippen LogP contribution in [-0.2, 0) is 0 Å². The van der Waals surface area contributed by atoms with Gasteiger partial charge in [-0.2, -0.15) is 0 Å². The molecule has 2 nitrogen and oxygen atoms in total. The maximum absolute atomic E-state index is 6.44. The number of rotatable bonds is 4. The number of nitrogens with zero attached hydrogens (tertiary/aromatic N) is 1. The van der Waals surface area contributed by atoms with Gasteiger partial charge in [0.2, 0.25) is 0 Å². The zero-order valence-electron chi connectivity index (χ0n) is 11.4. The summed E-state index contributed by atoms with van der Waals surface area (Å²) in [4.78, 5) is 2.53. The van der Waals surface area contributed by atoms with Crippen LogP contribution in [0.5, 0.6) is 0 Å². The summed E-state index contributed by atoms with van der Waals surface area (Å²) in [5.74, 6) is 0. The van der Waals surface area contributed by atoms with E-state index in [0.29, 0.717) is 12.6 Å². The van der Waals surface area contributed by atoms with Gasteiger partial charge in [-0.1, -0.05) is 17.7 Å². The van der Waals surface area contributed by atoms with Crippen LogP contribution in [0.15, 0.2) is 12.1 Å². The molecule has 18 heavy (non-hydrogen) atoms. The molecule has 100 valence electrons. The zero-order valence-corrected chi connectivity index (χ0v) is 12.1. The fraction of sp³-hybridized carbons (Fsp3) is 0.600. The molecule has 1 aliphatic heterocycles. The monoisotopic (exact) mass is 266 g/mol. The second-order valence-corrected chi connectivity index (χ2v) is 5.70.